The van der Waals surface area contributed by atoms with Gasteiger partial charge in [0, 0.05) is 24.0 Å². The number of nitrogens with zero attached hydrogens (tertiary/aromatic N) is 1. The van der Waals surface area contributed by atoms with Crippen LogP contribution in [0.5, 0.6) is 0 Å². The van der Waals surface area contributed by atoms with E-state index in [1.807, 2.05) is 11.8 Å². The molecule has 1 aliphatic rings. The van der Waals surface area contributed by atoms with Gasteiger partial charge < -0.3 is 4.90 Å². The van der Waals surface area contributed by atoms with Crippen LogP contribution in [0.3, 0.4) is 0 Å². The highest BCUT2D eigenvalue weighted by Crippen LogP contribution is 2.25. The Morgan fingerprint density at radius 1 is 1.26 bits per heavy atom. The predicted octanol–water partition coefficient (Wildman–Crippen LogP) is 3.43. The Bertz CT molecular complexity index is 887. The molecule has 2 aromatic rings. The lowest BCUT2D eigenvalue weighted by Crippen LogP contribution is -2.46. The number of carbonyl (C=O) groups excluding carboxylic acids is 1. The molecule has 0 spiro atoms. The van der Waals surface area contributed by atoms with E-state index in [0.29, 0.717) is 35.9 Å². The molecule has 0 aliphatic carbocycles. The van der Waals surface area contributed by atoms with Crippen LogP contribution in [-0.2, 0) is 14.8 Å². The van der Waals surface area contributed by atoms with E-state index in [0.717, 1.165) is 4.90 Å². The molecule has 0 bridgehead atoms. The molecule has 1 amide bonds. The maximum absolute atomic E-state index is 12.5. The first-order valence-electron chi connectivity index (χ1n) is 8.89. The van der Waals surface area contributed by atoms with Crippen LogP contribution in [0, 0.1) is 13.8 Å². The lowest BCUT2D eigenvalue weighted by molar-refractivity contribution is -0.129. The Balaban J connectivity index is 1.48. The van der Waals surface area contributed by atoms with E-state index in [1.54, 1.807) is 29.3 Å². The summed E-state index contributed by atoms with van der Waals surface area (Å²) in [4.78, 5) is 15.5. The average molecular weight is 425 g/mol. The lowest BCUT2D eigenvalue weighted by atomic mass is 10.1. The van der Waals surface area contributed by atoms with Gasteiger partial charge in [0.2, 0.25) is 15.9 Å². The van der Waals surface area contributed by atoms with Crippen LogP contribution in [-0.4, -0.2) is 44.1 Å². The largest absolute Gasteiger partial charge is 0.342 e. The number of amides is 1. The fraction of sp³-hybridized carbons (Fsp3) is 0.421. The molecule has 1 saturated heterocycles. The number of carbonyl (C=O) groups is 1. The van der Waals surface area contributed by atoms with E-state index in [9.17, 15) is 13.2 Å². The number of benzene rings is 1. The van der Waals surface area contributed by atoms with Crippen molar-refractivity contribution >= 4 is 39.0 Å². The second-order valence-electron chi connectivity index (χ2n) is 6.77. The fourth-order valence-corrected chi connectivity index (χ4v) is 6.38. The van der Waals surface area contributed by atoms with Crippen molar-refractivity contribution in [3.05, 3.63) is 46.8 Å². The second-order valence-corrected chi connectivity index (χ2v) is 10.7. The molecule has 1 fully saturated rings. The highest BCUT2D eigenvalue weighted by atomic mass is 32.2. The van der Waals surface area contributed by atoms with Crippen LogP contribution >= 0.6 is 23.1 Å². The maximum atomic E-state index is 12.5. The Hall–Kier alpha value is -1.35. The van der Waals surface area contributed by atoms with Crippen molar-refractivity contribution in [1.29, 1.82) is 0 Å². The SMILES string of the molecule is Cc1ccc(C)c(SCC(=O)N2CCC(NS(=O)(=O)c3cccs3)CC2)c1. The number of nitrogens with one attached hydrogen (secondary N) is 1. The first-order chi connectivity index (χ1) is 12.8. The normalized spacial score (nSPS) is 15.9. The summed E-state index contributed by atoms with van der Waals surface area (Å²) in [5.74, 6) is 0.524. The van der Waals surface area contributed by atoms with Crippen LogP contribution in [0.4, 0.5) is 0 Å². The summed E-state index contributed by atoms with van der Waals surface area (Å²) in [6.07, 6.45) is 1.29. The molecule has 2 heterocycles. The molecule has 1 N–H and O–H groups in total. The van der Waals surface area contributed by atoms with Crippen molar-refractivity contribution in [3.8, 4) is 0 Å². The smallest absolute Gasteiger partial charge is 0.250 e. The highest BCUT2D eigenvalue weighted by molar-refractivity contribution is 8.00. The topological polar surface area (TPSA) is 66.5 Å². The molecule has 1 aliphatic heterocycles. The zero-order valence-corrected chi connectivity index (χ0v) is 17.9. The van der Waals surface area contributed by atoms with E-state index in [1.165, 1.54) is 22.5 Å². The molecule has 8 heteroatoms. The van der Waals surface area contributed by atoms with Gasteiger partial charge in [0.25, 0.3) is 0 Å². The quantitative estimate of drug-likeness (QED) is 0.722. The van der Waals surface area contributed by atoms with E-state index in [2.05, 4.69) is 29.8 Å². The summed E-state index contributed by atoms with van der Waals surface area (Å²) in [6.45, 7) is 5.28. The number of thiophene rings is 1. The van der Waals surface area contributed by atoms with Gasteiger partial charge in [-0.2, -0.15) is 0 Å². The van der Waals surface area contributed by atoms with Gasteiger partial charge in [-0.3, -0.25) is 4.79 Å². The van der Waals surface area contributed by atoms with Gasteiger partial charge in [-0.15, -0.1) is 23.1 Å². The third-order valence-electron chi connectivity index (χ3n) is 4.62. The molecule has 0 atom stereocenters. The minimum Gasteiger partial charge on any atom is -0.342 e. The Morgan fingerprint density at radius 3 is 2.67 bits per heavy atom. The zero-order chi connectivity index (χ0) is 19.4. The lowest BCUT2D eigenvalue weighted by Gasteiger charge is -2.32. The van der Waals surface area contributed by atoms with Gasteiger partial charge in [-0.05, 0) is 49.8 Å². The number of piperidine rings is 1. The van der Waals surface area contributed by atoms with Gasteiger partial charge in [0.15, 0.2) is 0 Å². The molecule has 146 valence electrons. The van der Waals surface area contributed by atoms with Gasteiger partial charge >= 0.3 is 0 Å². The maximum Gasteiger partial charge on any atom is 0.250 e. The Labute approximate surface area is 169 Å². The van der Waals surface area contributed by atoms with Crippen molar-refractivity contribution in [2.45, 2.75) is 41.8 Å². The number of rotatable bonds is 6. The van der Waals surface area contributed by atoms with E-state index >= 15 is 0 Å². The summed E-state index contributed by atoms with van der Waals surface area (Å²) in [7, 11) is -3.45. The highest BCUT2D eigenvalue weighted by Gasteiger charge is 2.27. The zero-order valence-electron chi connectivity index (χ0n) is 15.5. The van der Waals surface area contributed by atoms with Crippen molar-refractivity contribution in [2.24, 2.45) is 0 Å². The summed E-state index contributed by atoms with van der Waals surface area (Å²) in [5, 5.41) is 1.75. The molecule has 0 saturated carbocycles. The third kappa shape index (κ3) is 5.34. The number of aryl methyl sites for hydroxylation is 2. The van der Waals surface area contributed by atoms with E-state index < -0.39 is 10.0 Å². The van der Waals surface area contributed by atoms with Gasteiger partial charge in [0.05, 0.1) is 5.75 Å². The molecule has 0 radical (unpaired) electrons. The molecular weight excluding hydrogens is 400 g/mol. The van der Waals surface area contributed by atoms with Crippen LogP contribution in [0.2, 0.25) is 0 Å². The van der Waals surface area contributed by atoms with Crippen LogP contribution in [0.15, 0.2) is 44.8 Å². The molecule has 0 unspecified atom stereocenters. The van der Waals surface area contributed by atoms with Crippen LogP contribution in [0.25, 0.3) is 0 Å². The minimum atomic E-state index is -3.45. The number of hydrogen-bond acceptors (Lipinski definition) is 5. The summed E-state index contributed by atoms with van der Waals surface area (Å²) >= 11 is 2.78. The molecular formula is C19H24N2O3S3. The van der Waals surface area contributed by atoms with Crippen LogP contribution in [0.1, 0.15) is 24.0 Å². The summed E-state index contributed by atoms with van der Waals surface area (Å²) in [5.41, 5.74) is 2.37. The van der Waals surface area contributed by atoms with Gasteiger partial charge in [-0.25, -0.2) is 13.1 Å². The van der Waals surface area contributed by atoms with Crippen molar-refractivity contribution < 1.29 is 13.2 Å². The van der Waals surface area contributed by atoms with Crippen LogP contribution < -0.4 is 4.72 Å². The summed E-state index contributed by atoms with van der Waals surface area (Å²) < 4.78 is 27.7. The third-order valence-corrected chi connectivity index (χ3v) is 8.68. The average Bonchev–Trinajstić information content (AvgIpc) is 3.18. The molecule has 3 rings (SSSR count). The number of thioether (sulfide) groups is 1. The monoisotopic (exact) mass is 424 g/mol. The number of hydrogen-bond donors (Lipinski definition) is 1. The van der Waals surface area contributed by atoms with Crippen molar-refractivity contribution in [2.75, 3.05) is 18.8 Å². The fourth-order valence-electron chi connectivity index (χ4n) is 3.03. The molecule has 1 aromatic carbocycles. The summed E-state index contributed by atoms with van der Waals surface area (Å²) in [6, 6.07) is 9.48. The number of sulfonamides is 1. The van der Waals surface area contributed by atoms with E-state index in [4.69, 9.17) is 0 Å². The minimum absolute atomic E-state index is 0.112. The van der Waals surface area contributed by atoms with Crippen molar-refractivity contribution in [1.82, 2.24) is 9.62 Å². The first kappa shape index (κ1) is 20.4. The van der Waals surface area contributed by atoms with Gasteiger partial charge in [-0.1, -0.05) is 23.8 Å². The van der Waals surface area contributed by atoms with E-state index in [-0.39, 0.29) is 11.9 Å². The number of likely N-dealkylation sites (tertiary alicyclic amines) is 1. The standard InChI is InChI=1S/C19H24N2O3S3/c1-14-5-6-15(2)17(12-14)26-13-18(22)21-9-7-16(8-10-21)20-27(23,24)19-4-3-11-25-19/h3-6,11-12,16,20H,7-10,13H2,1-2H3. The molecule has 5 nitrogen and oxygen atoms in total. The second kappa shape index (κ2) is 8.77. The van der Waals surface area contributed by atoms with Crippen molar-refractivity contribution in [3.63, 3.8) is 0 Å². The first-order valence-corrected chi connectivity index (χ1v) is 12.2. The van der Waals surface area contributed by atoms with Gasteiger partial charge in [0.1, 0.15) is 4.21 Å². The predicted molar refractivity (Wildman–Crippen MR) is 111 cm³/mol. The molecule has 1 aromatic heterocycles. The molecule has 27 heavy (non-hydrogen) atoms. The Morgan fingerprint density at radius 2 is 2.00 bits per heavy atom. The Kier molecular flexibility index (Phi) is 6.62.